The molecule has 27 heavy (non-hydrogen) atoms. The number of pyridine rings is 1. The molecule has 0 spiro atoms. The molecule has 1 aromatic rings. The average molecular weight is 393 g/mol. The Morgan fingerprint density at radius 2 is 2.07 bits per heavy atom. The number of carbonyl (C=O) groups excluding carboxylic acids is 1. The predicted octanol–water partition coefficient (Wildman–Crippen LogP) is 1.15. The van der Waals surface area contributed by atoms with Crippen LogP contribution in [-0.2, 0) is 14.8 Å². The molecule has 1 amide bonds. The van der Waals surface area contributed by atoms with Gasteiger partial charge in [0.15, 0.2) is 0 Å². The maximum absolute atomic E-state index is 12.7. The predicted molar refractivity (Wildman–Crippen MR) is 104 cm³/mol. The van der Waals surface area contributed by atoms with E-state index in [0.717, 1.165) is 38.0 Å². The number of rotatable bonds is 4. The van der Waals surface area contributed by atoms with Crippen LogP contribution in [0.2, 0.25) is 0 Å². The number of amides is 1. The first kappa shape index (κ1) is 18.7. The van der Waals surface area contributed by atoms with Gasteiger partial charge in [-0.3, -0.25) is 9.78 Å². The van der Waals surface area contributed by atoms with Crippen molar-refractivity contribution in [3.05, 3.63) is 24.0 Å². The molecule has 0 aliphatic carbocycles. The van der Waals surface area contributed by atoms with Gasteiger partial charge in [0, 0.05) is 49.7 Å². The number of sulfonamides is 1. The molecular weight excluding hydrogens is 364 g/mol. The summed E-state index contributed by atoms with van der Waals surface area (Å²) >= 11 is 0. The Morgan fingerprint density at radius 3 is 2.81 bits per heavy atom. The van der Waals surface area contributed by atoms with Crippen LogP contribution >= 0.6 is 0 Å². The van der Waals surface area contributed by atoms with Gasteiger partial charge in [0.2, 0.25) is 15.9 Å². The number of aromatic nitrogens is 1. The standard InChI is InChI=1S/C19H28N4O3S/c1-13-8-16(6-7-20-13)22-11-14-9-15(12-22)18(10-21-27(2,25)26)23-17(14)4-3-5-19(23)24/h6-8,14-15,17-18,21H,3-5,9-12H2,1-2H3/t14-,15+,17+,18+/m1/s1. The number of carbonyl (C=O) groups is 1. The van der Waals surface area contributed by atoms with E-state index >= 15 is 0 Å². The summed E-state index contributed by atoms with van der Waals surface area (Å²) in [6.07, 6.45) is 6.61. The SMILES string of the molecule is Cc1cc(N2C[C@H]3C[C@@H](C2)[C@H](CNS(C)(=O)=O)N2C(=O)CCC[C@@H]32)ccn1. The highest BCUT2D eigenvalue weighted by Gasteiger charge is 2.49. The molecule has 1 N–H and O–H groups in total. The fraction of sp³-hybridized carbons (Fsp3) is 0.684. The van der Waals surface area contributed by atoms with Gasteiger partial charge in [-0.15, -0.1) is 0 Å². The molecule has 3 aliphatic heterocycles. The van der Waals surface area contributed by atoms with Crippen molar-refractivity contribution in [2.24, 2.45) is 11.8 Å². The van der Waals surface area contributed by atoms with Crippen LogP contribution in [0, 0.1) is 18.8 Å². The van der Waals surface area contributed by atoms with E-state index in [0.29, 0.717) is 18.9 Å². The molecule has 1 aromatic heterocycles. The topological polar surface area (TPSA) is 82.6 Å². The largest absolute Gasteiger partial charge is 0.371 e. The van der Waals surface area contributed by atoms with Gasteiger partial charge < -0.3 is 9.80 Å². The number of piperidine rings is 3. The van der Waals surface area contributed by atoms with Crippen LogP contribution in [0.5, 0.6) is 0 Å². The first-order chi connectivity index (χ1) is 12.8. The Kier molecular flexibility index (Phi) is 4.88. The van der Waals surface area contributed by atoms with Crippen molar-refractivity contribution in [2.75, 3.05) is 30.8 Å². The Hall–Kier alpha value is -1.67. The number of anilines is 1. The zero-order chi connectivity index (χ0) is 19.2. The maximum atomic E-state index is 12.7. The van der Waals surface area contributed by atoms with Crippen LogP contribution in [0.15, 0.2) is 18.3 Å². The molecule has 2 bridgehead atoms. The van der Waals surface area contributed by atoms with Crippen LogP contribution in [-0.4, -0.2) is 62.2 Å². The minimum absolute atomic E-state index is 0.0699. The van der Waals surface area contributed by atoms with Crippen molar-refractivity contribution in [3.8, 4) is 0 Å². The van der Waals surface area contributed by atoms with Crippen LogP contribution in [0.25, 0.3) is 0 Å². The molecule has 3 aliphatic rings. The van der Waals surface area contributed by atoms with Crippen LogP contribution in [0.4, 0.5) is 5.69 Å². The maximum Gasteiger partial charge on any atom is 0.223 e. The molecule has 0 saturated carbocycles. The first-order valence-corrected chi connectivity index (χ1v) is 11.6. The Morgan fingerprint density at radius 1 is 1.30 bits per heavy atom. The summed E-state index contributed by atoms with van der Waals surface area (Å²) in [5.74, 6) is 0.898. The molecular formula is C19H28N4O3S. The van der Waals surface area contributed by atoms with E-state index in [2.05, 4.69) is 20.7 Å². The van der Waals surface area contributed by atoms with E-state index < -0.39 is 10.0 Å². The van der Waals surface area contributed by atoms with Crippen molar-refractivity contribution < 1.29 is 13.2 Å². The second kappa shape index (κ2) is 7.05. The molecule has 0 radical (unpaired) electrons. The smallest absolute Gasteiger partial charge is 0.223 e. The summed E-state index contributed by atoms with van der Waals surface area (Å²) in [5.41, 5.74) is 2.16. The molecule has 8 heteroatoms. The summed E-state index contributed by atoms with van der Waals surface area (Å²) in [5, 5.41) is 0. The van der Waals surface area contributed by atoms with Gasteiger partial charge in [0.05, 0.1) is 12.3 Å². The van der Waals surface area contributed by atoms with Gasteiger partial charge in [-0.1, -0.05) is 0 Å². The van der Waals surface area contributed by atoms with Crippen molar-refractivity contribution in [3.63, 3.8) is 0 Å². The first-order valence-electron chi connectivity index (χ1n) is 9.75. The number of nitrogens with zero attached hydrogens (tertiary/aromatic N) is 3. The van der Waals surface area contributed by atoms with Crippen LogP contribution < -0.4 is 9.62 Å². The second-order valence-electron chi connectivity index (χ2n) is 8.26. The molecule has 148 valence electrons. The molecule has 3 fully saturated rings. The van der Waals surface area contributed by atoms with Crippen molar-refractivity contribution in [2.45, 2.75) is 44.7 Å². The van der Waals surface area contributed by atoms with E-state index in [9.17, 15) is 13.2 Å². The van der Waals surface area contributed by atoms with Crippen molar-refractivity contribution in [1.29, 1.82) is 0 Å². The van der Waals surface area contributed by atoms with E-state index in [1.54, 1.807) is 0 Å². The zero-order valence-corrected chi connectivity index (χ0v) is 16.8. The lowest BCUT2D eigenvalue weighted by atomic mass is 9.72. The van der Waals surface area contributed by atoms with Gasteiger partial charge in [-0.25, -0.2) is 13.1 Å². The van der Waals surface area contributed by atoms with Crippen LogP contribution in [0.3, 0.4) is 0 Å². The van der Waals surface area contributed by atoms with Gasteiger partial charge in [0.1, 0.15) is 0 Å². The van der Waals surface area contributed by atoms with Gasteiger partial charge in [-0.2, -0.15) is 0 Å². The quantitative estimate of drug-likeness (QED) is 0.831. The third-order valence-electron chi connectivity index (χ3n) is 6.30. The number of hydrogen-bond acceptors (Lipinski definition) is 5. The summed E-state index contributed by atoms with van der Waals surface area (Å²) < 4.78 is 26.0. The van der Waals surface area contributed by atoms with Crippen molar-refractivity contribution in [1.82, 2.24) is 14.6 Å². The lowest BCUT2D eigenvalue weighted by Gasteiger charge is -2.57. The van der Waals surface area contributed by atoms with Gasteiger partial charge >= 0.3 is 0 Å². The molecule has 4 rings (SSSR count). The molecule has 4 atom stereocenters. The normalized spacial score (nSPS) is 31.0. The number of hydrogen-bond donors (Lipinski definition) is 1. The Labute approximate surface area is 161 Å². The van der Waals surface area contributed by atoms with Gasteiger partial charge in [-0.05, 0) is 50.2 Å². The molecule has 4 heterocycles. The third-order valence-corrected chi connectivity index (χ3v) is 6.99. The number of fused-ring (bicyclic) bond motifs is 4. The van der Waals surface area contributed by atoms with Crippen molar-refractivity contribution >= 4 is 21.6 Å². The summed E-state index contributed by atoms with van der Waals surface area (Å²) in [7, 11) is -3.29. The molecule has 0 unspecified atom stereocenters. The molecule has 7 nitrogen and oxygen atoms in total. The second-order valence-corrected chi connectivity index (χ2v) is 10.1. The van der Waals surface area contributed by atoms with Gasteiger partial charge in [0.25, 0.3) is 0 Å². The molecule has 3 saturated heterocycles. The minimum Gasteiger partial charge on any atom is -0.371 e. The average Bonchev–Trinajstić information content (AvgIpc) is 2.61. The minimum atomic E-state index is -3.29. The van der Waals surface area contributed by atoms with E-state index in [1.165, 1.54) is 11.9 Å². The van der Waals surface area contributed by atoms with E-state index in [4.69, 9.17) is 0 Å². The molecule has 0 aromatic carbocycles. The van der Waals surface area contributed by atoms with Crippen LogP contribution in [0.1, 0.15) is 31.4 Å². The fourth-order valence-electron chi connectivity index (χ4n) is 5.21. The number of aryl methyl sites for hydroxylation is 1. The van der Waals surface area contributed by atoms with E-state index in [-0.39, 0.29) is 23.9 Å². The third kappa shape index (κ3) is 3.82. The summed E-state index contributed by atoms with van der Waals surface area (Å²) in [4.78, 5) is 21.5. The zero-order valence-electron chi connectivity index (χ0n) is 16.0. The summed E-state index contributed by atoms with van der Waals surface area (Å²) in [6, 6.07) is 4.30. The summed E-state index contributed by atoms with van der Waals surface area (Å²) in [6.45, 7) is 4.09. The highest BCUT2D eigenvalue weighted by atomic mass is 32.2. The lowest BCUT2D eigenvalue weighted by Crippen LogP contribution is -2.67. The highest BCUT2D eigenvalue weighted by molar-refractivity contribution is 7.88. The Balaban J connectivity index is 1.62. The van der Waals surface area contributed by atoms with E-state index in [1.807, 2.05) is 24.1 Å². The number of nitrogens with one attached hydrogen (secondary N) is 1. The Bertz CT molecular complexity index is 828. The monoisotopic (exact) mass is 392 g/mol. The lowest BCUT2D eigenvalue weighted by molar-refractivity contribution is -0.148. The fourth-order valence-corrected chi connectivity index (χ4v) is 5.69. The highest BCUT2D eigenvalue weighted by Crippen LogP contribution is 2.42.